The molecular weight excluding hydrogens is 659 g/mol. The number of hydrogen-bond acceptors (Lipinski definition) is 11. The molecule has 12 nitrogen and oxygen atoms in total. The molecule has 246 valence electrons. The van der Waals surface area contributed by atoms with E-state index < -0.39 is 51.6 Å². The van der Waals surface area contributed by atoms with E-state index in [0.29, 0.717) is 26.7 Å². The van der Waals surface area contributed by atoms with Crippen LogP contribution in [0.2, 0.25) is 0 Å². The molecule has 2 N–H and O–H groups in total. The van der Waals surface area contributed by atoms with Crippen molar-refractivity contribution in [3.63, 3.8) is 0 Å². The molecule has 14 heteroatoms. The number of aromatic nitrogens is 1. The SMILES string of the molecule is CCOC(=O)c1ccc(NC(=O)Cn2c3c(sc2=O)[C@@H](c2ccc(O)cc2)[C@H]2C(=O)N(c4ccc(C(=O)OCC)cc4)C(=O)[C@H]2S3)cc1. The molecule has 1 aromatic heterocycles. The number of nitrogens with zero attached hydrogens (tertiary/aromatic N) is 2. The van der Waals surface area contributed by atoms with Crippen molar-refractivity contribution in [1.29, 1.82) is 0 Å². The minimum absolute atomic E-state index is 0.00978. The van der Waals surface area contributed by atoms with Gasteiger partial charge in [0.1, 0.15) is 17.5 Å². The number of anilines is 2. The van der Waals surface area contributed by atoms with Crippen LogP contribution in [0.5, 0.6) is 5.75 Å². The van der Waals surface area contributed by atoms with Gasteiger partial charge in [0.2, 0.25) is 17.7 Å². The van der Waals surface area contributed by atoms with E-state index in [0.717, 1.165) is 28.0 Å². The quantitative estimate of drug-likeness (QED) is 0.191. The first kappa shape index (κ1) is 32.7. The third-order valence-electron chi connectivity index (χ3n) is 7.92. The Morgan fingerprint density at radius 3 is 1.98 bits per heavy atom. The number of rotatable bonds is 9. The van der Waals surface area contributed by atoms with Crippen molar-refractivity contribution in [3.8, 4) is 5.75 Å². The summed E-state index contributed by atoms with van der Waals surface area (Å²) in [6, 6.07) is 18.4. The van der Waals surface area contributed by atoms with E-state index in [1.54, 1.807) is 38.1 Å². The van der Waals surface area contributed by atoms with Crippen LogP contribution < -0.4 is 15.1 Å². The first-order valence-electron chi connectivity index (χ1n) is 15.0. The molecule has 48 heavy (non-hydrogen) atoms. The van der Waals surface area contributed by atoms with Gasteiger partial charge in [-0.1, -0.05) is 35.2 Å². The molecule has 1 saturated heterocycles. The normalized spacial score (nSPS) is 18.2. The number of thioether (sulfide) groups is 1. The van der Waals surface area contributed by atoms with Crippen molar-refractivity contribution in [3.05, 3.63) is 104 Å². The Hall–Kier alpha value is -5.21. The lowest BCUT2D eigenvalue weighted by molar-refractivity contribution is -0.122. The van der Waals surface area contributed by atoms with Gasteiger partial charge in [0.05, 0.1) is 41.0 Å². The van der Waals surface area contributed by atoms with Gasteiger partial charge < -0.3 is 19.9 Å². The number of amides is 3. The van der Waals surface area contributed by atoms with Crippen LogP contribution in [-0.2, 0) is 30.4 Å². The molecule has 0 aliphatic carbocycles. The highest BCUT2D eigenvalue weighted by Crippen LogP contribution is 2.54. The molecular formula is C34H29N3O9S2. The van der Waals surface area contributed by atoms with Crippen LogP contribution in [0.1, 0.15) is 50.9 Å². The highest BCUT2D eigenvalue weighted by atomic mass is 32.2. The third kappa shape index (κ3) is 6.11. The Morgan fingerprint density at radius 1 is 0.812 bits per heavy atom. The van der Waals surface area contributed by atoms with Gasteiger partial charge in [-0.3, -0.25) is 23.7 Å². The van der Waals surface area contributed by atoms with E-state index in [4.69, 9.17) is 9.47 Å². The van der Waals surface area contributed by atoms with Crippen molar-refractivity contribution >= 4 is 64.1 Å². The summed E-state index contributed by atoms with van der Waals surface area (Å²) in [5.41, 5.74) is 1.90. The molecule has 2 aliphatic heterocycles. The fourth-order valence-corrected chi connectivity index (χ4v) is 8.53. The van der Waals surface area contributed by atoms with Crippen LogP contribution in [0.25, 0.3) is 0 Å². The van der Waals surface area contributed by atoms with Crippen LogP contribution in [-0.4, -0.2) is 57.8 Å². The zero-order valence-electron chi connectivity index (χ0n) is 25.7. The molecule has 0 saturated carbocycles. The van der Waals surface area contributed by atoms with Gasteiger partial charge in [-0.15, -0.1) is 0 Å². The van der Waals surface area contributed by atoms with Crippen LogP contribution in [0, 0.1) is 5.92 Å². The maximum absolute atomic E-state index is 14.1. The lowest BCUT2D eigenvalue weighted by Crippen LogP contribution is -2.33. The van der Waals surface area contributed by atoms with E-state index in [9.17, 15) is 33.9 Å². The zero-order valence-corrected chi connectivity index (χ0v) is 27.3. The molecule has 6 rings (SSSR count). The Morgan fingerprint density at radius 2 is 1.40 bits per heavy atom. The summed E-state index contributed by atoms with van der Waals surface area (Å²) in [5, 5.41) is 12.2. The predicted molar refractivity (Wildman–Crippen MR) is 178 cm³/mol. The second-order valence-corrected chi connectivity index (χ2v) is 13.0. The topological polar surface area (TPSA) is 161 Å². The monoisotopic (exact) mass is 687 g/mol. The molecule has 1 fully saturated rings. The molecule has 4 aromatic rings. The van der Waals surface area contributed by atoms with Gasteiger partial charge in [0.15, 0.2) is 0 Å². The Bertz CT molecular complexity index is 1970. The minimum atomic E-state index is -0.924. The molecule has 3 atom stereocenters. The number of imide groups is 1. The highest BCUT2D eigenvalue weighted by Gasteiger charge is 2.56. The summed E-state index contributed by atoms with van der Waals surface area (Å²) in [4.78, 5) is 79.9. The van der Waals surface area contributed by atoms with Gasteiger partial charge in [-0.25, -0.2) is 14.5 Å². The van der Waals surface area contributed by atoms with E-state index in [2.05, 4.69) is 5.32 Å². The van der Waals surface area contributed by atoms with Crippen LogP contribution >= 0.6 is 23.1 Å². The summed E-state index contributed by atoms with van der Waals surface area (Å²) in [6.45, 7) is 3.46. The first-order chi connectivity index (χ1) is 23.1. The van der Waals surface area contributed by atoms with E-state index in [1.165, 1.54) is 53.1 Å². The predicted octanol–water partition coefficient (Wildman–Crippen LogP) is 4.40. The molecule has 0 radical (unpaired) electrons. The molecule has 0 spiro atoms. The minimum Gasteiger partial charge on any atom is -0.508 e. The Balaban J connectivity index is 1.31. The second kappa shape index (κ2) is 13.5. The van der Waals surface area contributed by atoms with E-state index >= 15 is 0 Å². The number of hydrogen-bond donors (Lipinski definition) is 2. The number of phenols is 1. The lowest BCUT2D eigenvalue weighted by Gasteiger charge is -2.30. The average Bonchev–Trinajstić information content (AvgIpc) is 3.52. The van der Waals surface area contributed by atoms with Gasteiger partial charge in [0.25, 0.3) is 0 Å². The fraction of sp³-hybridized carbons (Fsp3) is 0.235. The Kier molecular flexibility index (Phi) is 9.20. The van der Waals surface area contributed by atoms with Gasteiger partial charge in [-0.2, -0.15) is 0 Å². The standard InChI is InChI=1S/C34H29N3O9S2/c1-3-45-32(42)19-5-11-21(12-6-19)35-24(39)17-36-31-28(48-34(36)44)25(18-9-15-23(38)16-10-18)26-27(47-31)30(41)37(29(26)40)22-13-7-20(8-14-22)33(43)46-4-2/h5-16,25-27,38H,3-4,17H2,1-2H3,(H,35,39)/t25-,26+,27-/m0/s1. The van der Waals surface area contributed by atoms with Crippen LogP contribution in [0.15, 0.2) is 82.6 Å². The van der Waals surface area contributed by atoms with Crippen LogP contribution in [0.3, 0.4) is 0 Å². The molecule has 3 amide bonds. The molecule has 0 unspecified atom stereocenters. The number of ether oxygens (including phenoxy) is 2. The van der Waals surface area contributed by atoms with Gasteiger partial charge in [-0.05, 0) is 80.1 Å². The number of phenolic OH excluding ortho intramolecular Hbond substituents is 1. The lowest BCUT2D eigenvalue weighted by atomic mass is 9.83. The number of aromatic hydroxyl groups is 1. The summed E-state index contributed by atoms with van der Waals surface area (Å²) >= 11 is 1.97. The third-order valence-corrected chi connectivity index (χ3v) is 10.5. The number of fused-ring (bicyclic) bond motifs is 2. The van der Waals surface area contributed by atoms with Crippen molar-refractivity contribution < 1.29 is 38.6 Å². The van der Waals surface area contributed by atoms with Gasteiger partial charge >= 0.3 is 16.8 Å². The molecule has 3 aromatic carbocycles. The largest absolute Gasteiger partial charge is 0.508 e. The van der Waals surface area contributed by atoms with Crippen molar-refractivity contribution in [2.75, 3.05) is 23.4 Å². The fourth-order valence-electron chi connectivity index (χ4n) is 5.76. The van der Waals surface area contributed by atoms with Crippen molar-refractivity contribution in [2.45, 2.75) is 36.6 Å². The molecule has 3 heterocycles. The van der Waals surface area contributed by atoms with E-state index in [1.807, 2.05) is 0 Å². The highest BCUT2D eigenvalue weighted by molar-refractivity contribution is 8.00. The zero-order chi connectivity index (χ0) is 34.1. The maximum atomic E-state index is 14.1. The molecule has 0 bridgehead atoms. The first-order valence-corrected chi connectivity index (χ1v) is 16.7. The second-order valence-electron chi connectivity index (χ2n) is 10.9. The van der Waals surface area contributed by atoms with Crippen molar-refractivity contribution in [2.24, 2.45) is 5.92 Å². The number of carbonyl (C=O) groups excluding carboxylic acids is 5. The number of thiazole rings is 1. The smallest absolute Gasteiger partial charge is 0.338 e. The summed E-state index contributed by atoms with van der Waals surface area (Å²) in [6.07, 6.45) is 0. The maximum Gasteiger partial charge on any atom is 0.338 e. The van der Waals surface area contributed by atoms with Crippen molar-refractivity contribution in [1.82, 2.24) is 4.57 Å². The number of nitrogens with one attached hydrogen (secondary N) is 1. The number of carbonyl (C=O) groups is 5. The Labute approximate surface area is 282 Å². The number of benzene rings is 3. The summed E-state index contributed by atoms with van der Waals surface area (Å²) < 4.78 is 11.3. The average molecular weight is 688 g/mol. The number of esters is 2. The van der Waals surface area contributed by atoms with E-state index in [-0.39, 0.29) is 36.8 Å². The molecule has 2 aliphatic rings. The summed E-state index contributed by atoms with van der Waals surface area (Å²) in [5.74, 6) is -4.09. The van der Waals surface area contributed by atoms with Crippen LogP contribution in [0.4, 0.5) is 11.4 Å². The van der Waals surface area contributed by atoms with Gasteiger partial charge in [0, 0.05) is 16.5 Å². The summed E-state index contributed by atoms with van der Waals surface area (Å²) in [7, 11) is 0.